The minimum atomic E-state index is 0.0876. The van der Waals surface area contributed by atoms with E-state index < -0.39 is 0 Å². The molecule has 0 saturated heterocycles. The summed E-state index contributed by atoms with van der Waals surface area (Å²) in [6.07, 6.45) is 2.28. The molecular formula is C14H23ClN2O. The molecule has 0 saturated carbocycles. The summed E-state index contributed by atoms with van der Waals surface area (Å²) in [6, 6.07) is 1.85. The third kappa shape index (κ3) is 4.13. The number of hydrogen-bond acceptors (Lipinski definition) is 3. The number of methoxy groups -OCH3 is 1. The smallest absolute Gasteiger partial charge is 0.216 e. The molecule has 1 rings (SSSR count). The number of alkyl halides is 1. The van der Waals surface area contributed by atoms with Gasteiger partial charge < -0.3 is 4.74 Å². The molecule has 1 aromatic heterocycles. The van der Waals surface area contributed by atoms with Crippen LogP contribution in [0.3, 0.4) is 0 Å². The predicted molar refractivity (Wildman–Crippen MR) is 75.1 cm³/mol. The molecule has 1 heterocycles. The summed E-state index contributed by atoms with van der Waals surface area (Å²) in [5, 5.41) is 0.0876. The van der Waals surface area contributed by atoms with E-state index in [-0.39, 0.29) is 5.38 Å². The lowest BCUT2D eigenvalue weighted by Crippen LogP contribution is -2.27. The third-order valence-corrected chi connectivity index (χ3v) is 3.71. The quantitative estimate of drug-likeness (QED) is 0.742. The summed E-state index contributed by atoms with van der Waals surface area (Å²) in [4.78, 5) is 8.26. The van der Waals surface area contributed by atoms with Gasteiger partial charge in [0.1, 0.15) is 6.33 Å². The van der Waals surface area contributed by atoms with Crippen LogP contribution < -0.4 is 4.74 Å². The zero-order chi connectivity index (χ0) is 13.7. The zero-order valence-electron chi connectivity index (χ0n) is 11.9. The van der Waals surface area contributed by atoms with Crippen molar-refractivity contribution >= 4 is 11.6 Å². The van der Waals surface area contributed by atoms with Crippen LogP contribution in [-0.2, 0) is 6.42 Å². The Hall–Kier alpha value is -0.830. The van der Waals surface area contributed by atoms with Crippen LogP contribution in [0, 0.1) is 17.8 Å². The van der Waals surface area contributed by atoms with E-state index in [4.69, 9.17) is 16.3 Å². The minimum Gasteiger partial charge on any atom is -0.481 e. The Morgan fingerprint density at radius 3 is 2.28 bits per heavy atom. The van der Waals surface area contributed by atoms with Gasteiger partial charge in [0.2, 0.25) is 5.88 Å². The highest BCUT2D eigenvalue weighted by atomic mass is 35.5. The van der Waals surface area contributed by atoms with Crippen molar-refractivity contribution < 1.29 is 4.74 Å². The van der Waals surface area contributed by atoms with Gasteiger partial charge >= 0.3 is 0 Å². The topological polar surface area (TPSA) is 35.0 Å². The highest BCUT2D eigenvalue weighted by molar-refractivity contribution is 6.20. The number of ether oxygens (including phenoxy) is 1. The SMILES string of the molecule is COc1cc(CC(Cl)C(C(C)C)C(C)C)ncn1. The second-order valence-electron chi connectivity index (χ2n) is 5.34. The molecule has 0 amide bonds. The molecule has 4 heteroatoms. The van der Waals surface area contributed by atoms with Crippen LogP contribution in [-0.4, -0.2) is 22.5 Å². The number of halogens is 1. The van der Waals surface area contributed by atoms with Gasteiger partial charge in [0.15, 0.2) is 0 Å². The minimum absolute atomic E-state index is 0.0876. The number of hydrogen-bond donors (Lipinski definition) is 0. The first-order chi connectivity index (χ1) is 8.45. The van der Waals surface area contributed by atoms with Crippen LogP contribution in [0.1, 0.15) is 33.4 Å². The second kappa shape index (κ2) is 6.93. The number of rotatable bonds is 6. The summed E-state index contributed by atoms with van der Waals surface area (Å²) in [5.41, 5.74) is 0.938. The molecule has 1 unspecified atom stereocenters. The van der Waals surface area contributed by atoms with Crippen LogP contribution in [0.25, 0.3) is 0 Å². The second-order valence-corrected chi connectivity index (χ2v) is 5.90. The standard InChI is InChI=1S/C14H23ClN2O/c1-9(2)14(10(3)4)12(15)6-11-7-13(18-5)17-8-16-11/h7-10,12,14H,6H2,1-5H3. The summed E-state index contributed by atoms with van der Waals surface area (Å²) >= 11 is 6.57. The number of nitrogens with zero attached hydrogens (tertiary/aromatic N) is 2. The van der Waals surface area contributed by atoms with Crippen molar-refractivity contribution in [1.82, 2.24) is 9.97 Å². The fourth-order valence-corrected chi connectivity index (χ4v) is 3.28. The average Bonchev–Trinajstić information content (AvgIpc) is 2.28. The molecule has 0 fully saturated rings. The first-order valence-electron chi connectivity index (χ1n) is 6.44. The lowest BCUT2D eigenvalue weighted by atomic mass is 9.81. The van der Waals surface area contributed by atoms with Crippen molar-refractivity contribution in [3.63, 3.8) is 0 Å². The summed E-state index contributed by atoms with van der Waals surface area (Å²) in [6.45, 7) is 8.89. The Balaban J connectivity index is 2.75. The van der Waals surface area contributed by atoms with Gasteiger partial charge in [0.25, 0.3) is 0 Å². The van der Waals surface area contributed by atoms with Gasteiger partial charge in [-0.3, -0.25) is 0 Å². The molecule has 1 aromatic rings. The monoisotopic (exact) mass is 270 g/mol. The van der Waals surface area contributed by atoms with Gasteiger partial charge in [-0.1, -0.05) is 27.7 Å². The van der Waals surface area contributed by atoms with E-state index in [0.29, 0.717) is 23.6 Å². The maximum Gasteiger partial charge on any atom is 0.216 e. The molecule has 0 aromatic carbocycles. The molecule has 1 atom stereocenters. The summed E-state index contributed by atoms with van der Waals surface area (Å²) in [5.74, 6) is 2.20. The molecule has 0 aliphatic rings. The zero-order valence-corrected chi connectivity index (χ0v) is 12.6. The first-order valence-corrected chi connectivity index (χ1v) is 6.88. The Morgan fingerprint density at radius 2 is 1.78 bits per heavy atom. The number of aromatic nitrogens is 2. The molecule has 18 heavy (non-hydrogen) atoms. The Labute approximate surface area is 115 Å². The lowest BCUT2D eigenvalue weighted by molar-refractivity contribution is 0.274. The molecule has 0 N–H and O–H groups in total. The fourth-order valence-electron chi connectivity index (χ4n) is 2.54. The molecule has 0 spiro atoms. The van der Waals surface area contributed by atoms with Gasteiger partial charge in [-0.15, -0.1) is 11.6 Å². The molecule has 0 aliphatic carbocycles. The maximum absolute atomic E-state index is 6.57. The maximum atomic E-state index is 6.57. The van der Waals surface area contributed by atoms with E-state index in [1.54, 1.807) is 7.11 Å². The average molecular weight is 271 g/mol. The van der Waals surface area contributed by atoms with Gasteiger partial charge in [0, 0.05) is 23.6 Å². The normalized spacial score (nSPS) is 13.4. The van der Waals surface area contributed by atoms with Gasteiger partial charge in [-0.05, 0) is 17.8 Å². The van der Waals surface area contributed by atoms with Crippen molar-refractivity contribution in [2.45, 2.75) is 39.5 Å². The van der Waals surface area contributed by atoms with Gasteiger partial charge in [-0.25, -0.2) is 9.97 Å². The molecule has 3 nitrogen and oxygen atoms in total. The van der Waals surface area contributed by atoms with E-state index in [2.05, 4.69) is 37.7 Å². The Kier molecular flexibility index (Phi) is 5.86. The van der Waals surface area contributed by atoms with E-state index in [1.165, 1.54) is 6.33 Å². The van der Waals surface area contributed by atoms with Crippen LogP contribution in [0.4, 0.5) is 0 Å². The third-order valence-electron chi connectivity index (χ3n) is 3.27. The van der Waals surface area contributed by atoms with Gasteiger partial charge in [-0.2, -0.15) is 0 Å². The van der Waals surface area contributed by atoms with Crippen LogP contribution in [0.5, 0.6) is 5.88 Å². The van der Waals surface area contributed by atoms with E-state index in [9.17, 15) is 0 Å². The van der Waals surface area contributed by atoms with E-state index in [0.717, 1.165) is 12.1 Å². The van der Waals surface area contributed by atoms with Crippen LogP contribution in [0.15, 0.2) is 12.4 Å². The highest BCUT2D eigenvalue weighted by Crippen LogP contribution is 2.29. The molecule has 0 aliphatic heterocycles. The fraction of sp³-hybridized carbons (Fsp3) is 0.714. The van der Waals surface area contributed by atoms with E-state index >= 15 is 0 Å². The first kappa shape index (κ1) is 15.2. The van der Waals surface area contributed by atoms with Crippen LogP contribution >= 0.6 is 11.6 Å². The largest absolute Gasteiger partial charge is 0.481 e. The van der Waals surface area contributed by atoms with E-state index in [1.807, 2.05) is 6.07 Å². The van der Waals surface area contributed by atoms with Crippen molar-refractivity contribution in [2.24, 2.45) is 17.8 Å². The van der Waals surface area contributed by atoms with Crippen molar-refractivity contribution in [3.05, 3.63) is 18.1 Å². The van der Waals surface area contributed by atoms with Gasteiger partial charge in [0.05, 0.1) is 7.11 Å². The molecule has 0 bridgehead atoms. The Morgan fingerprint density at radius 1 is 1.17 bits per heavy atom. The molecule has 0 radical (unpaired) electrons. The van der Waals surface area contributed by atoms with Crippen molar-refractivity contribution in [3.8, 4) is 5.88 Å². The summed E-state index contributed by atoms with van der Waals surface area (Å²) in [7, 11) is 1.61. The molecular weight excluding hydrogens is 248 g/mol. The molecule has 102 valence electrons. The summed E-state index contributed by atoms with van der Waals surface area (Å²) < 4.78 is 5.10. The highest BCUT2D eigenvalue weighted by Gasteiger charge is 2.26. The van der Waals surface area contributed by atoms with Crippen molar-refractivity contribution in [2.75, 3.05) is 7.11 Å². The van der Waals surface area contributed by atoms with Crippen molar-refractivity contribution in [1.29, 1.82) is 0 Å². The lowest BCUT2D eigenvalue weighted by Gasteiger charge is -2.29. The predicted octanol–water partition coefficient (Wildman–Crippen LogP) is 3.56. The van der Waals surface area contributed by atoms with Crippen LogP contribution in [0.2, 0.25) is 0 Å². The Bertz CT molecular complexity index is 361.